The molecule has 22 heavy (non-hydrogen) atoms. The van der Waals surface area contributed by atoms with Gasteiger partial charge in [-0.15, -0.1) is 0 Å². The van der Waals surface area contributed by atoms with Gasteiger partial charge in [-0.2, -0.15) is 10.5 Å². The van der Waals surface area contributed by atoms with Crippen molar-refractivity contribution in [1.29, 1.82) is 10.5 Å². The zero-order valence-corrected chi connectivity index (χ0v) is 11.8. The lowest BCUT2D eigenvalue weighted by Gasteiger charge is -2.19. The van der Waals surface area contributed by atoms with E-state index >= 15 is 0 Å². The molecule has 0 aliphatic rings. The summed E-state index contributed by atoms with van der Waals surface area (Å²) in [7, 11) is 2.25. The summed E-state index contributed by atoms with van der Waals surface area (Å²) >= 11 is 0. The predicted molar refractivity (Wildman–Crippen MR) is 69.4 cm³/mol. The fraction of sp³-hybridized carbons (Fsp3) is 0.286. The molecule has 2 unspecified atom stereocenters. The average Bonchev–Trinajstić information content (AvgIpc) is 2.56. The van der Waals surface area contributed by atoms with Crippen LogP contribution in [0.1, 0.15) is 23.3 Å². The zero-order chi connectivity index (χ0) is 16.5. The van der Waals surface area contributed by atoms with E-state index in [0.717, 1.165) is 14.2 Å². The van der Waals surface area contributed by atoms with Crippen molar-refractivity contribution in [2.45, 2.75) is 12.2 Å². The first-order valence-electron chi connectivity index (χ1n) is 5.94. The summed E-state index contributed by atoms with van der Waals surface area (Å²) in [5, 5.41) is 17.4. The molecular formula is C14H12N2O6. The zero-order valence-electron chi connectivity index (χ0n) is 11.8. The molecule has 1 aromatic carbocycles. The van der Waals surface area contributed by atoms with E-state index in [1.165, 1.54) is 24.6 Å². The Bertz CT molecular complexity index is 576. The standard InChI is InChI=1S/C14H12N2O6/c1-19-13(17)11(21-7-15)9-5-3-4-6-10(9)12(22-8-16)14(18)20-2/h3-6,11-12H,1-2H3. The number of rotatable bonds is 6. The van der Waals surface area contributed by atoms with Crippen LogP contribution in [0.15, 0.2) is 24.3 Å². The van der Waals surface area contributed by atoms with Gasteiger partial charge in [-0.05, 0) is 0 Å². The predicted octanol–water partition coefficient (Wildman–Crippen LogP) is 1.11. The molecule has 0 saturated carbocycles. The van der Waals surface area contributed by atoms with Gasteiger partial charge in [0.05, 0.1) is 14.2 Å². The van der Waals surface area contributed by atoms with Gasteiger partial charge >= 0.3 is 11.9 Å². The molecule has 0 saturated heterocycles. The van der Waals surface area contributed by atoms with Crippen LogP contribution in [0.3, 0.4) is 0 Å². The van der Waals surface area contributed by atoms with Crippen LogP contribution in [0, 0.1) is 23.0 Å². The molecule has 0 radical (unpaired) electrons. The summed E-state index contributed by atoms with van der Waals surface area (Å²) in [5.41, 5.74) is 0.308. The minimum Gasteiger partial charge on any atom is -0.466 e. The van der Waals surface area contributed by atoms with Gasteiger partial charge in [0.1, 0.15) is 0 Å². The number of ether oxygens (including phenoxy) is 4. The number of carbonyl (C=O) groups excluding carboxylic acids is 2. The van der Waals surface area contributed by atoms with Crippen molar-refractivity contribution >= 4 is 11.9 Å². The number of nitrogens with zero attached hydrogens (tertiary/aromatic N) is 2. The van der Waals surface area contributed by atoms with E-state index in [4.69, 9.17) is 20.0 Å². The smallest absolute Gasteiger partial charge is 0.353 e. The number of nitriles is 2. The van der Waals surface area contributed by atoms with Crippen LogP contribution in [0.5, 0.6) is 0 Å². The Labute approximate surface area is 126 Å². The molecule has 8 nitrogen and oxygen atoms in total. The molecule has 0 aliphatic heterocycles. The molecule has 0 aromatic heterocycles. The Hall–Kier alpha value is -3.26. The third kappa shape index (κ3) is 3.64. The van der Waals surface area contributed by atoms with Crippen molar-refractivity contribution < 1.29 is 28.5 Å². The summed E-state index contributed by atoms with van der Waals surface area (Å²) < 4.78 is 18.5. The third-order valence-electron chi connectivity index (χ3n) is 2.73. The second-order valence-electron chi connectivity index (χ2n) is 3.85. The number of carbonyl (C=O) groups is 2. The van der Waals surface area contributed by atoms with Crippen molar-refractivity contribution in [2.24, 2.45) is 0 Å². The largest absolute Gasteiger partial charge is 0.466 e. The number of hydrogen-bond donors (Lipinski definition) is 0. The second kappa shape index (κ2) is 8.12. The molecule has 0 bridgehead atoms. The van der Waals surface area contributed by atoms with Crippen LogP contribution < -0.4 is 0 Å². The van der Waals surface area contributed by atoms with Crippen molar-refractivity contribution in [3.05, 3.63) is 35.4 Å². The van der Waals surface area contributed by atoms with Crippen molar-refractivity contribution in [3.8, 4) is 12.5 Å². The number of benzene rings is 1. The van der Waals surface area contributed by atoms with Crippen molar-refractivity contribution in [1.82, 2.24) is 0 Å². The van der Waals surface area contributed by atoms with Crippen LogP contribution in [0.2, 0.25) is 0 Å². The van der Waals surface area contributed by atoms with Crippen LogP contribution >= 0.6 is 0 Å². The first-order valence-corrected chi connectivity index (χ1v) is 5.94. The minimum absolute atomic E-state index is 0.154. The third-order valence-corrected chi connectivity index (χ3v) is 2.73. The quantitative estimate of drug-likeness (QED) is 0.566. The highest BCUT2D eigenvalue weighted by Gasteiger charge is 2.33. The second-order valence-corrected chi connectivity index (χ2v) is 3.85. The average molecular weight is 304 g/mol. The Balaban J connectivity index is 3.38. The maximum absolute atomic E-state index is 11.8. The molecule has 0 spiro atoms. The van der Waals surface area contributed by atoms with Gasteiger partial charge in [0.2, 0.25) is 12.2 Å². The van der Waals surface area contributed by atoms with Gasteiger partial charge in [0, 0.05) is 11.1 Å². The van der Waals surface area contributed by atoms with Crippen LogP contribution in [0.25, 0.3) is 0 Å². The van der Waals surface area contributed by atoms with E-state index in [9.17, 15) is 9.59 Å². The molecule has 0 fully saturated rings. The maximum atomic E-state index is 11.8. The molecule has 0 N–H and O–H groups in total. The number of methoxy groups -OCH3 is 2. The molecule has 1 rings (SSSR count). The summed E-state index contributed by atoms with van der Waals surface area (Å²) in [6.45, 7) is 0. The van der Waals surface area contributed by atoms with E-state index in [1.807, 2.05) is 0 Å². The Kier molecular flexibility index (Phi) is 6.20. The highest BCUT2D eigenvalue weighted by molar-refractivity contribution is 5.80. The molecule has 0 heterocycles. The fourth-order valence-corrected chi connectivity index (χ4v) is 1.79. The van der Waals surface area contributed by atoms with Gasteiger partial charge in [0.15, 0.2) is 0 Å². The van der Waals surface area contributed by atoms with Gasteiger partial charge in [0.25, 0.3) is 12.5 Å². The highest BCUT2D eigenvalue weighted by Crippen LogP contribution is 2.29. The van der Waals surface area contributed by atoms with Crippen molar-refractivity contribution in [3.63, 3.8) is 0 Å². The van der Waals surface area contributed by atoms with Gasteiger partial charge in [-0.3, -0.25) is 0 Å². The number of esters is 2. The van der Waals surface area contributed by atoms with Crippen LogP contribution in [0.4, 0.5) is 0 Å². The lowest BCUT2D eigenvalue weighted by molar-refractivity contribution is -0.152. The van der Waals surface area contributed by atoms with Crippen LogP contribution in [-0.4, -0.2) is 26.2 Å². The molecular weight excluding hydrogens is 292 g/mol. The first kappa shape index (κ1) is 16.8. The van der Waals surface area contributed by atoms with Gasteiger partial charge in [-0.1, -0.05) is 24.3 Å². The molecule has 0 aliphatic carbocycles. The maximum Gasteiger partial charge on any atom is 0.353 e. The van der Waals surface area contributed by atoms with E-state index in [-0.39, 0.29) is 11.1 Å². The Morgan fingerprint density at radius 1 is 0.909 bits per heavy atom. The molecule has 0 amide bonds. The summed E-state index contributed by atoms with van der Waals surface area (Å²) in [6.07, 6.45) is 0.0235. The molecule has 1 aromatic rings. The summed E-state index contributed by atoms with van der Waals surface area (Å²) in [4.78, 5) is 23.5. The normalized spacial score (nSPS) is 12.0. The molecule has 2 atom stereocenters. The Morgan fingerprint density at radius 3 is 1.55 bits per heavy atom. The van der Waals surface area contributed by atoms with Crippen molar-refractivity contribution in [2.75, 3.05) is 14.2 Å². The summed E-state index contributed by atoms with van der Waals surface area (Å²) in [6, 6.07) is 6.03. The number of hydrogen-bond acceptors (Lipinski definition) is 8. The van der Waals surface area contributed by atoms with Gasteiger partial charge < -0.3 is 18.9 Å². The SMILES string of the molecule is COC(=O)C(OC#N)c1ccccc1C(OC#N)C(=O)OC. The topological polar surface area (TPSA) is 119 Å². The lowest BCUT2D eigenvalue weighted by Crippen LogP contribution is -2.22. The fourth-order valence-electron chi connectivity index (χ4n) is 1.79. The summed E-state index contributed by atoms with van der Waals surface area (Å²) in [5.74, 6) is -1.68. The minimum atomic E-state index is -1.39. The lowest BCUT2D eigenvalue weighted by atomic mass is 9.97. The van der Waals surface area contributed by atoms with Crippen LogP contribution in [-0.2, 0) is 28.5 Å². The van der Waals surface area contributed by atoms with E-state index in [0.29, 0.717) is 0 Å². The molecule has 114 valence electrons. The monoisotopic (exact) mass is 304 g/mol. The Morgan fingerprint density at radius 2 is 1.27 bits per heavy atom. The highest BCUT2D eigenvalue weighted by atomic mass is 16.6. The van der Waals surface area contributed by atoms with E-state index in [2.05, 4.69) is 9.47 Å². The molecule has 8 heteroatoms. The first-order chi connectivity index (χ1) is 10.6. The van der Waals surface area contributed by atoms with Gasteiger partial charge in [-0.25, -0.2) is 9.59 Å². The van der Waals surface area contributed by atoms with E-state index in [1.54, 1.807) is 12.1 Å². The van der Waals surface area contributed by atoms with E-state index < -0.39 is 24.1 Å².